The van der Waals surface area contributed by atoms with Crippen LogP contribution in [0.5, 0.6) is 5.75 Å². The third-order valence-corrected chi connectivity index (χ3v) is 4.35. The highest BCUT2D eigenvalue weighted by Crippen LogP contribution is 2.27. The molecule has 3 rings (SSSR count). The molecule has 1 unspecified atom stereocenters. The number of ether oxygens (including phenoxy) is 1. The zero-order valence-corrected chi connectivity index (χ0v) is 17.9. The summed E-state index contributed by atoms with van der Waals surface area (Å²) in [5.41, 5.74) is 3.69. The summed E-state index contributed by atoms with van der Waals surface area (Å²) in [5, 5.41) is 6.70. The maximum absolute atomic E-state index is 5.95. The number of nitrogens with zero attached hydrogens (tertiary/aromatic N) is 2. The fourth-order valence-electron chi connectivity index (χ4n) is 2.90. The van der Waals surface area contributed by atoms with Crippen molar-refractivity contribution in [2.75, 3.05) is 32.6 Å². The van der Waals surface area contributed by atoms with Crippen molar-refractivity contribution in [1.82, 2.24) is 10.6 Å². The van der Waals surface area contributed by atoms with Crippen molar-refractivity contribution in [3.8, 4) is 5.75 Å². The standard InChI is InChI=1S/C20H26N4O.HI/c1-21-20(22-13-15-8-10-17(11-9-15)24(2)3)23-14-18-12-16-6-4-5-7-19(16)25-18;/h4-11,18H,12-14H2,1-3H3,(H2,21,22,23);1H. The number of fused-ring (bicyclic) bond motifs is 1. The second-order valence-electron chi connectivity index (χ2n) is 6.42. The molecule has 1 atom stereocenters. The van der Waals surface area contributed by atoms with Gasteiger partial charge in [-0.3, -0.25) is 4.99 Å². The van der Waals surface area contributed by atoms with Crippen LogP contribution in [0.4, 0.5) is 5.69 Å². The lowest BCUT2D eigenvalue weighted by Crippen LogP contribution is -2.41. The minimum Gasteiger partial charge on any atom is -0.488 e. The van der Waals surface area contributed by atoms with Crippen LogP contribution in [0.25, 0.3) is 0 Å². The molecule has 140 valence electrons. The average molecular weight is 466 g/mol. The van der Waals surface area contributed by atoms with Crippen LogP contribution in [0.1, 0.15) is 11.1 Å². The Balaban J connectivity index is 0.00000243. The summed E-state index contributed by atoms with van der Waals surface area (Å²) in [6, 6.07) is 16.7. The number of hydrogen-bond acceptors (Lipinski definition) is 3. The summed E-state index contributed by atoms with van der Waals surface area (Å²) >= 11 is 0. The van der Waals surface area contributed by atoms with E-state index >= 15 is 0 Å². The molecule has 26 heavy (non-hydrogen) atoms. The number of para-hydroxylation sites is 1. The van der Waals surface area contributed by atoms with Gasteiger partial charge in [-0.1, -0.05) is 30.3 Å². The molecule has 0 radical (unpaired) electrons. The van der Waals surface area contributed by atoms with Crippen molar-refractivity contribution in [2.45, 2.75) is 19.1 Å². The first kappa shape index (κ1) is 20.4. The van der Waals surface area contributed by atoms with Gasteiger partial charge in [-0.15, -0.1) is 24.0 Å². The highest BCUT2D eigenvalue weighted by molar-refractivity contribution is 14.0. The van der Waals surface area contributed by atoms with E-state index in [9.17, 15) is 0 Å². The number of anilines is 1. The molecule has 0 fully saturated rings. The lowest BCUT2D eigenvalue weighted by Gasteiger charge is -2.16. The summed E-state index contributed by atoms with van der Waals surface area (Å²) in [6.07, 6.45) is 1.09. The molecule has 0 aromatic heterocycles. The normalized spacial score (nSPS) is 15.5. The van der Waals surface area contributed by atoms with Crippen LogP contribution in [0, 0.1) is 0 Å². The second kappa shape index (κ2) is 9.66. The molecule has 2 aromatic rings. The van der Waals surface area contributed by atoms with Crippen molar-refractivity contribution in [3.05, 3.63) is 59.7 Å². The Morgan fingerprint density at radius 2 is 1.85 bits per heavy atom. The lowest BCUT2D eigenvalue weighted by atomic mass is 10.1. The van der Waals surface area contributed by atoms with Gasteiger partial charge in [0.15, 0.2) is 5.96 Å². The number of benzene rings is 2. The maximum Gasteiger partial charge on any atom is 0.191 e. The zero-order chi connectivity index (χ0) is 17.6. The molecule has 1 aliphatic rings. The fraction of sp³-hybridized carbons (Fsp3) is 0.350. The highest BCUT2D eigenvalue weighted by atomic mass is 127. The molecule has 0 amide bonds. The predicted octanol–water partition coefficient (Wildman–Crippen LogP) is 3.04. The molecular formula is C20H27IN4O. The van der Waals surface area contributed by atoms with E-state index in [1.54, 1.807) is 7.05 Å². The molecule has 1 heterocycles. The molecule has 2 aromatic carbocycles. The van der Waals surface area contributed by atoms with Gasteiger partial charge >= 0.3 is 0 Å². The van der Waals surface area contributed by atoms with E-state index in [1.165, 1.54) is 16.8 Å². The van der Waals surface area contributed by atoms with Crippen molar-refractivity contribution >= 4 is 35.6 Å². The first-order valence-corrected chi connectivity index (χ1v) is 8.61. The van der Waals surface area contributed by atoms with E-state index in [2.05, 4.69) is 56.9 Å². The Hall–Kier alpha value is -1.96. The van der Waals surface area contributed by atoms with Gasteiger partial charge in [0.1, 0.15) is 11.9 Å². The summed E-state index contributed by atoms with van der Waals surface area (Å²) in [4.78, 5) is 6.38. The van der Waals surface area contributed by atoms with Crippen LogP contribution in [0.2, 0.25) is 0 Å². The molecule has 2 N–H and O–H groups in total. The minimum atomic E-state index is 0. The van der Waals surface area contributed by atoms with Crippen LogP contribution in [-0.2, 0) is 13.0 Å². The molecular weight excluding hydrogens is 439 g/mol. The Morgan fingerprint density at radius 3 is 2.50 bits per heavy atom. The van der Waals surface area contributed by atoms with Gasteiger partial charge in [0.05, 0.1) is 6.54 Å². The van der Waals surface area contributed by atoms with Crippen LogP contribution < -0.4 is 20.3 Å². The first-order valence-electron chi connectivity index (χ1n) is 8.61. The molecule has 0 bridgehead atoms. The SMILES string of the molecule is CN=C(NCc1ccc(N(C)C)cc1)NCC1Cc2ccccc2O1.I. The van der Waals surface area contributed by atoms with Crippen LogP contribution in [0.15, 0.2) is 53.5 Å². The molecule has 6 heteroatoms. The maximum atomic E-state index is 5.95. The van der Waals surface area contributed by atoms with Gasteiger partial charge in [0, 0.05) is 39.8 Å². The monoisotopic (exact) mass is 466 g/mol. The Morgan fingerprint density at radius 1 is 1.12 bits per heavy atom. The van der Waals surface area contributed by atoms with Gasteiger partial charge in [-0.25, -0.2) is 0 Å². The molecule has 0 saturated heterocycles. The van der Waals surface area contributed by atoms with Gasteiger partial charge in [0.25, 0.3) is 0 Å². The summed E-state index contributed by atoms with van der Waals surface area (Å²) in [6.45, 7) is 1.47. The Kier molecular flexibility index (Phi) is 7.56. The molecule has 0 saturated carbocycles. The summed E-state index contributed by atoms with van der Waals surface area (Å²) in [7, 11) is 5.87. The first-order chi connectivity index (χ1) is 12.2. The summed E-state index contributed by atoms with van der Waals surface area (Å²) in [5.74, 6) is 1.79. The number of aliphatic imine (C=N–C) groups is 1. The number of nitrogens with one attached hydrogen (secondary N) is 2. The van der Waals surface area contributed by atoms with Crippen LogP contribution >= 0.6 is 24.0 Å². The number of rotatable bonds is 5. The smallest absolute Gasteiger partial charge is 0.191 e. The minimum absolute atomic E-state index is 0. The molecule has 1 aliphatic heterocycles. The molecule has 0 aliphatic carbocycles. The largest absolute Gasteiger partial charge is 0.488 e. The van der Waals surface area contributed by atoms with Gasteiger partial charge in [0.2, 0.25) is 0 Å². The van der Waals surface area contributed by atoms with Crippen LogP contribution in [0.3, 0.4) is 0 Å². The molecule has 5 nitrogen and oxygen atoms in total. The van der Waals surface area contributed by atoms with E-state index in [0.29, 0.717) is 0 Å². The van der Waals surface area contributed by atoms with Gasteiger partial charge in [-0.2, -0.15) is 0 Å². The summed E-state index contributed by atoms with van der Waals surface area (Å²) < 4.78 is 5.95. The predicted molar refractivity (Wildman–Crippen MR) is 119 cm³/mol. The topological polar surface area (TPSA) is 48.9 Å². The fourth-order valence-corrected chi connectivity index (χ4v) is 2.90. The van der Waals surface area contributed by atoms with E-state index in [4.69, 9.17) is 4.74 Å². The second-order valence-corrected chi connectivity index (χ2v) is 6.42. The van der Waals surface area contributed by atoms with Crippen LogP contribution in [-0.4, -0.2) is 39.8 Å². The van der Waals surface area contributed by atoms with E-state index < -0.39 is 0 Å². The van der Waals surface area contributed by atoms with Crippen molar-refractivity contribution in [1.29, 1.82) is 0 Å². The zero-order valence-electron chi connectivity index (χ0n) is 15.5. The van der Waals surface area contributed by atoms with Crippen molar-refractivity contribution < 1.29 is 4.74 Å². The van der Waals surface area contributed by atoms with E-state index in [1.807, 2.05) is 26.2 Å². The van der Waals surface area contributed by atoms with Crippen molar-refractivity contribution in [3.63, 3.8) is 0 Å². The average Bonchev–Trinajstić information content (AvgIpc) is 3.05. The van der Waals surface area contributed by atoms with E-state index in [0.717, 1.165) is 31.2 Å². The lowest BCUT2D eigenvalue weighted by molar-refractivity contribution is 0.235. The number of halogens is 1. The quantitative estimate of drug-likeness (QED) is 0.404. The van der Waals surface area contributed by atoms with E-state index in [-0.39, 0.29) is 30.1 Å². The third-order valence-electron chi connectivity index (χ3n) is 4.35. The number of hydrogen-bond donors (Lipinski definition) is 2. The third kappa shape index (κ3) is 5.27. The van der Waals surface area contributed by atoms with Gasteiger partial charge in [-0.05, 0) is 29.3 Å². The van der Waals surface area contributed by atoms with Crippen molar-refractivity contribution in [2.24, 2.45) is 4.99 Å². The Bertz CT molecular complexity index is 706. The molecule has 0 spiro atoms. The Labute approximate surface area is 172 Å². The number of guanidine groups is 1. The van der Waals surface area contributed by atoms with Gasteiger partial charge < -0.3 is 20.3 Å². The highest BCUT2D eigenvalue weighted by Gasteiger charge is 2.22.